The van der Waals surface area contributed by atoms with Gasteiger partial charge in [0.1, 0.15) is 0 Å². The molecule has 3 rings (SSSR count). The van der Waals surface area contributed by atoms with Gasteiger partial charge in [0.2, 0.25) is 17.8 Å². The number of methoxy groups -OCH3 is 1. The zero-order valence-corrected chi connectivity index (χ0v) is 14.7. The van der Waals surface area contributed by atoms with Crippen LogP contribution in [0.1, 0.15) is 5.56 Å². The molecule has 0 unspecified atom stereocenters. The largest absolute Gasteiger partial charge is 0.468 e. The number of fused-ring (bicyclic) bond motifs is 1. The maximum atomic E-state index is 11.9. The number of thioether (sulfide) groups is 1. The number of anilines is 1. The fraction of sp³-hybridized carbons (Fsp3) is 0.200. The number of aromatic nitrogens is 2. The van der Waals surface area contributed by atoms with Gasteiger partial charge < -0.3 is 14.2 Å². The van der Waals surface area contributed by atoms with Gasteiger partial charge in [-0.1, -0.05) is 29.2 Å². The molecule has 25 heavy (non-hydrogen) atoms. The predicted molar refractivity (Wildman–Crippen MR) is 92.9 cm³/mol. The van der Waals surface area contributed by atoms with E-state index in [1.54, 1.807) is 18.2 Å². The van der Waals surface area contributed by atoms with Crippen LogP contribution in [0.15, 0.2) is 28.6 Å². The van der Waals surface area contributed by atoms with Gasteiger partial charge in [-0.25, -0.2) is 0 Å². The maximum Gasteiger partial charge on any atom is 0.316 e. The van der Waals surface area contributed by atoms with E-state index in [4.69, 9.17) is 9.47 Å². The minimum Gasteiger partial charge on any atom is -0.468 e. The molecule has 0 atom stereocenters. The van der Waals surface area contributed by atoms with Crippen molar-refractivity contribution in [2.75, 3.05) is 25.0 Å². The Labute approximate surface area is 151 Å². The Morgan fingerprint density at radius 1 is 1.36 bits per heavy atom. The number of rotatable bonds is 6. The molecular weight excluding hydrogens is 366 g/mol. The Bertz CT molecular complexity index is 821. The minimum atomic E-state index is -0.350. The molecule has 0 spiro atoms. The van der Waals surface area contributed by atoms with Gasteiger partial charge in [-0.2, -0.15) is 0 Å². The Hall–Kier alpha value is -2.59. The van der Waals surface area contributed by atoms with Crippen molar-refractivity contribution >= 4 is 46.2 Å². The molecule has 1 aromatic carbocycles. The highest BCUT2D eigenvalue weighted by molar-refractivity contribution is 8.01. The quantitative estimate of drug-likeness (QED) is 0.353. The number of nitrogens with zero attached hydrogens (tertiary/aromatic N) is 2. The molecule has 1 aromatic heterocycles. The van der Waals surface area contributed by atoms with Crippen LogP contribution in [0.25, 0.3) is 6.08 Å². The summed E-state index contributed by atoms with van der Waals surface area (Å²) in [5.41, 5.74) is 0.811. The number of hydrogen-bond acceptors (Lipinski definition) is 9. The van der Waals surface area contributed by atoms with Crippen LogP contribution in [0.2, 0.25) is 0 Å². The number of nitrogens with one attached hydrogen (secondary N) is 1. The monoisotopic (exact) mass is 379 g/mol. The first-order valence-electron chi connectivity index (χ1n) is 7.06. The summed E-state index contributed by atoms with van der Waals surface area (Å²) < 4.78 is 15.6. The zero-order valence-electron chi connectivity index (χ0n) is 13.1. The summed E-state index contributed by atoms with van der Waals surface area (Å²) in [6, 6.07) is 5.40. The van der Waals surface area contributed by atoms with E-state index in [1.165, 1.54) is 36.3 Å². The summed E-state index contributed by atoms with van der Waals surface area (Å²) in [6.07, 6.45) is 3.05. The number of ether oxygens (including phenoxy) is 3. The molecule has 0 aliphatic carbocycles. The highest BCUT2D eigenvalue weighted by Gasteiger charge is 2.12. The highest BCUT2D eigenvalue weighted by atomic mass is 32.2. The van der Waals surface area contributed by atoms with E-state index in [2.05, 4.69) is 20.3 Å². The number of carbonyl (C=O) groups excluding carboxylic acids is 2. The molecule has 2 aromatic rings. The van der Waals surface area contributed by atoms with Crippen molar-refractivity contribution in [3.05, 3.63) is 29.8 Å². The van der Waals surface area contributed by atoms with Crippen LogP contribution in [-0.2, 0) is 14.3 Å². The fourth-order valence-electron chi connectivity index (χ4n) is 1.83. The molecule has 8 nitrogen and oxygen atoms in total. The van der Waals surface area contributed by atoms with Crippen LogP contribution >= 0.6 is 23.1 Å². The van der Waals surface area contributed by atoms with Crippen molar-refractivity contribution < 1.29 is 23.8 Å². The number of hydrogen-bond donors (Lipinski definition) is 1. The Balaban J connectivity index is 1.54. The summed E-state index contributed by atoms with van der Waals surface area (Å²) in [7, 11) is 1.32. The standard InChI is InChI=1S/C15H13N3O5S2/c1-21-13(20)7-24-15-18-17-14(25-15)16-12(19)5-3-9-2-4-10-11(6-9)23-8-22-10/h2-6H,7-8H2,1H3,(H,16,17,19)/b5-3+. The van der Waals surface area contributed by atoms with Crippen molar-refractivity contribution in [3.63, 3.8) is 0 Å². The maximum absolute atomic E-state index is 11.9. The molecule has 1 aliphatic rings. The van der Waals surface area contributed by atoms with Crippen LogP contribution in [0.4, 0.5) is 5.13 Å². The van der Waals surface area contributed by atoms with Gasteiger partial charge in [0.05, 0.1) is 12.9 Å². The van der Waals surface area contributed by atoms with Gasteiger partial charge in [0.25, 0.3) is 0 Å². The first-order chi connectivity index (χ1) is 12.1. The van der Waals surface area contributed by atoms with Gasteiger partial charge in [-0.3, -0.25) is 14.9 Å². The predicted octanol–water partition coefficient (Wildman–Crippen LogP) is 2.18. The molecule has 0 saturated heterocycles. The lowest BCUT2D eigenvalue weighted by atomic mass is 10.2. The van der Waals surface area contributed by atoms with E-state index < -0.39 is 0 Å². The first-order valence-corrected chi connectivity index (χ1v) is 8.86. The van der Waals surface area contributed by atoms with E-state index in [-0.39, 0.29) is 24.4 Å². The van der Waals surface area contributed by atoms with E-state index in [0.29, 0.717) is 21.0 Å². The van der Waals surface area contributed by atoms with Gasteiger partial charge >= 0.3 is 5.97 Å². The molecule has 0 radical (unpaired) electrons. The summed E-state index contributed by atoms with van der Waals surface area (Å²) in [5, 5.41) is 10.7. The van der Waals surface area contributed by atoms with Gasteiger partial charge in [-0.05, 0) is 23.8 Å². The summed E-state index contributed by atoms with van der Waals surface area (Å²) in [6.45, 7) is 0.205. The third-order valence-electron chi connectivity index (χ3n) is 3.00. The third kappa shape index (κ3) is 4.70. The smallest absolute Gasteiger partial charge is 0.316 e. The highest BCUT2D eigenvalue weighted by Crippen LogP contribution is 2.32. The van der Waals surface area contributed by atoms with Crippen molar-refractivity contribution in [1.29, 1.82) is 0 Å². The molecule has 1 aliphatic heterocycles. The molecule has 2 heterocycles. The molecule has 10 heteroatoms. The Kier molecular flexibility index (Phi) is 5.51. The Morgan fingerprint density at radius 2 is 2.20 bits per heavy atom. The topological polar surface area (TPSA) is 99.6 Å². The second-order valence-electron chi connectivity index (χ2n) is 4.67. The van der Waals surface area contributed by atoms with Crippen molar-refractivity contribution in [2.24, 2.45) is 0 Å². The average molecular weight is 379 g/mol. The summed E-state index contributed by atoms with van der Waals surface area (Å²) >= 11 is 2.38. The first kappa shape index (κ1) is 17.2. The molecule has 0 fully saturated rings. The molecule has 0 saturated carbocycles. The minimum absolute atomic E-state index is 0.142. The number of esters is 1. The normalized spacial score (nSPS) is 12.4. The van der Waals surface area contributed by atoms with Gasteiger partial charge in [0, 0.05) is 6.08 Å². The lowest BCUT2D eigenvalue weighted by molar-refractivity contribution is -0.137. The van der Waals surface area contributed by atoms with E-state index >= 15 is 0 Å². The van der Waals surface area contributed by atoms with Crippen LogP contribution in [0.5, 0.6) is 11.5 Å². The second kappa shape index (κ2) is 7.99. The molecule has 130 valence electrons. The lowest BCUT2D eigenvalue weighted by Crippen LogP contribution is -2.07. The van der Waals surface area contributed by atoms with Crippen molar-refractivity contribution in [1.82, 2.24) is 10.2 Å². The van der Waals surface area contributed by atoms with E-state index in [1.807, 2.05) is 6.07 Å². The van der Waals surface area contributed by atoms with Crippen molar-refractivity contribution in [3.8, 4) is 11.5 Å². The lowest BCUT2D eigenvalue weighted by Gasteiger charge is -1.98. The number of carbonyl (C=O) groups is 2. The van der Waals surface area contributed by atoms with Gasteiger partial charge in [-0.15, -0.1) is 10.2 Å². The van der Waals surface area contributed by atoms with E-state index in [9.17, 15) is 9.59 Å². The van der Waals surface area contributed by atoms with Crippen molar-refractivity contribution in [2.45, 2.75) is 4.34 Å². The summed E-state index contributed by atoms with van der Waals surface area (Å²) in [5.74, 6) is 0.797. The number of benzene rings is 1. The third-order valence-corrected chi connectivity index (χ3v) is 4.95. The van der Waals surface area contributed by atoms with Crippen LogP contribution < -0.4 is 14.8 Å². The SMILES string of the molecule is COC(=O)CSc1nnc(NC(=O)/C=C/c2ccc3c(c2)OCO3)s1. The summed E-state index contributed by atoms with van der Waals surface area (Å²) in [4.78, 5) is 23.0. The zero-order chi connectivity index (χ0) is 17.6. The van der Waals surface area contributed by atoms with Crippen LogP contribution in [-0.4, -0.2) is 41.7 Å². The number of amides is 1. The molecule has 0 bridgehead atoms. The fourth-order valence-corrected chi connectivity index (χ4v) is 3.42. The molecular formula is C15H13N3O5S2. The average Bonchev–Trinajstić information content (AvgIpc) is 3.26. The van der Waals surface area contributed by atoms with Gasteiger partial charge in [0.15, 0.2) is 15.8 Å². The van der Waals surface area contributed by atoms with Crippen LogP contribution in [0.3, 0.4) is 0 Å². The second-order valence-corrected chi connectivity index (χ2v) is 6.87. The molecule has 1 amide bonds. The van der Waals surface area contributed by atoms with E-state index in [0.717, 1.165) is 5.56 Å². The molecule has 1 N–H and O–H groups in total. The Morgan fingerprint density at radius 3 is 3.04 bits per heavy atom. The van der Waals surface area contributed by atoms with Crippen LogP contribution in [0, 0.1) is 0 Å².